The largest absolute Gasteiger partial charge is 0.416 e. The number of nitrogens with zero attached hydrogens (tertiary/aromatic N) is 5. The van der Waals surface area contributed by atoms with Crippen LogP contribution in [0.4, 0.5) is 13.2 Å². The van der Waals surface area contributed by atoms with Gasteiger partial charge in [0.2, 0.25) is 5.16 Å². The van der Waals surface area contributed by atoms with Crippen molar-refractivity contribution in [1.29, 1.82) is 0 Å². The van der Waals surface area contributed by atoms with Gasteiger partial charge in [-0.05, 0) is 35.4 Å². The lowest BCUT2D eigenvalue weighted by Gasteiger charge is -2.06. The van der Waals surface area contributed by atoms with Crippen LogP contribution in [0.15, 0.2) is 34.8 Å². The van der Waals surface area contributed by atoms with E-state index in [2.05, 4.69) is 20.5 Å². The van der Waals surface area contributed by atoms with Gasteiger partial charge in [-0.3, -0.25) is 0 Å². The molecule has 0 amide bonds. The normalized spacial score (nSPS) is 14.8. The van der Waals surface area contributed by atoms with Crippen LogP contribution >= 0.6 is 23.1 Å². The van der Waals surface area contributed by atoms with E-state index in [0.29, 0.717) is 22.4 Å². The predicted octanol–water partition coefficient (Wildman–Crippen LogP) is 4.44. The van der Waals surface area contributed by atoms with Crippen molar-refractivity contribution in [3.05, 3.63) is 40.9 Å². The number of aromatic nitrogens is 5. The molecule has 3 aromatic rings. The maximum atomic E-state index is 12.6. The molecule has 2 heterocycles. The summed E-state index contributed by atoms with van der Waals surface area (Å²) in [6, 6.07) is 5.47. The fourth-order valence-corrected chi connectivity index (χ4v) is 4.04. The monoisotopic (exact) mass is 383 g/mol. The lowest BCUT2D eigenvalue weighted by atomic mass is 10.1. The number of hydrogen-bond acceptors (Lipinski definition) is 6. The topological polar surface area (TPSA) is 56.5 Å². The molecule has 1 fully saturated rings. The number of hydrogen-bond donors (Lipinski definition) is 0. The quantitative estimate of drug-likeness (QED) is 0.610. The van der Waals surface area contributed by atoms with Crippen molar-refractivity contribution in [2.24, 2.45) is 0 Å². The summed E-state index contributed by atoms with van der Waals surface area (Å²) in [4.78, 5) is 4.50. The van der Waals surface area contributed by atoms with Crippen molar-refractivity contribution >= 4 is 23.1 Å². The molecule has 0 saturated heterocycles. The molecule has 0 bridgehead atoms. The van der Waals surface area contributed by atoms with Gasteiger partial charge in [0, 0.05) is 16.7 Å². The summed E-state index contributed by atoms with van der Waals surface area (Å²) in [6.07, 6.45) is -2.12. The minimum atomic E-state index is -4.32. The molecule has 0 aliphatic heterocycles. The molecule has 5 nitrogen and oxygen atoms in total. The highest BCUT2D eigenvalue weighted by atomic mass is 32.2. The molecule has 10 heteroatoms. The second-order valence-corrected chi connectivity index (χ2v) is 7.45. The number of tetrazole rings is 1. The third-order valence-electron chi connectivity index (χ3n) is 3.72. The average Bonchev–Trinajstić information content (AvgIpc) is 3.14. The van der Waals surface area contributed by atoms with Gasteiger partial charge in [-0.2, -0.15) is 13.2 Å². The molecule has 25 heavy (non-hydrogen) atoms. The van der Waals surface area contributed by atoms with E-state index in [9.17, 15) is 13.2 Å². The second kappa shape index (κ2) is 6.41. The van der Waals surface area contributed by atoms with Gasteiger partial charge in [0.1, 0.15) is 5.01 Å². The van der Waals surface area contributed by atoms with Gasteiger partial charge >= 0.3 is 6.18 Å². The Morgan fingerprint density at radius 2 is 1.96 bits per heavy atom. The third kappa shape index (κ3) is 3.69. The number of rotatable bonds is 5. The Kier molecular flexibility index (Phi) is 4.24. The van der Waals surface area contributed by atoms with Crippen LogP contribution in [0.25, 0.3) is 10.6 Å². The predicted molar refractivity (Wildman–Crippen MR) is 88.2 cm³/mol. The molecule has 1 saturated carbocycles. The van der Waals surface area contributed by atoms with Gasteiger partial charge < -0.3 is 0 Å². The van der Waals surface area contributed by atoms with Crippen LogP contribution in [0, 0.1) is 0 Å². The summed E-state index contributed by atoms with van der Waals surface area (Å²) in [5.41, 5.74) is 0.878. The number of thiazole rings is 1. The van der Waals surface area contributed by atoms with Gasteiger partial charge in [0.15, 0.2) is 0 Å². The van der Waals surface area contributed by atoms with Crippen molar-refractivity contribution in [3.8, 4) is 10.6 Å². The summed E-state index contributed by atoms with van der Waals surface area (Å²) in [7, 11) is 0. The zero-order valence-electron chi connectivity index (χ0n) is 12.8. The van der Waals surface area contributed by atoms with Crippen LogP contribution in [-0.2, 0) is 11.9 Å². The highest BCUT2D eigenvalue weighted by molar-refractivity contribution is 7.98. The van der Waals surface area contributed by atoms with Crippen LogP contribution < -0.4 is 0 Å². The minimum Gasteiger partial charge on any atom is -0.240 e. The van der Waals surface area contributed by atoms with E-state index in [1.165, 1.54) is 35.2 Å². The number of alkyl halides is 3. The van der Waals surface area contributed by atoms with E-state index in [1.54, 1.807) is 0 Å². The van der Waals surface area contributed by atoms with Gasteiger partial charge in [0.05, 0.1) is 17.3 Å². The van der Waals surface area contributed by atoms with Gasteiger partial charge in [0.25, 0.3) is 0 Å². The standard InChI is InChI=1S/C15H12F3N5S2/c16-15(17,18)10-3-1-9(2-4-10)13-19-11(7-24-13)8-25-14-20-21-22-23(14)12-5-6-12/h1-4,7,12H,5-6,8H2. The SMILES string of the molecule is FC(F)(F)c1ccc(-c2nc(CSc3nnnn3C3CC3)cs2)cc1. The zero-order chi connectivity index (χ0) is 17.4. The number of thioether (sulfide) groups is 1. The molecule has 1 aliphatic carbocycles. The first-order valence-corrected chi connectivity index (χ1v) is 9.40. The first-order chi connectivity index (χ1) is 12.0. The molecule has 0 spiro atoms. The highest BCUT2D eigenvalue weighted by Gasteiger charge is 2.30. The molecule has 0 unspecified atom stereocenters. The van der Waals surface area contributed by atoms with E-state index in [-0.39, 0.29) is 0 Å². The Bertz CT molecular complexity index is 868. The van der Waals surface area contributed by atoms with Crippen LogP contribution in [0.2, 0.25) is 0 Å². The molecule has 1 aromatic carbocycles. The van der Waals surface area contributed by atoms with Crippen molar-refractivity contribution in [2.45, 2.75) is 36.0 Å². The average molecular weight is 383 g/mol. The number of benzene rings is 1. The smallest absolute Gasteiger partial charge is 0.240 e. The molecular formula is C15H12F3N5S2. The van der Waals surface area contributed by atoms with E-state index < -0.39 is 11.7 Å². The molecule has 0 atom stereocenters. The van der Waals surface area contributed by atoms with Crippen LogP contribution in [0.1, 0.15) is 30.1 Å². The first kappa shape index (κ1) is 16.5. The van der Waals surface area contributed by atoms with Crippen LogP contribution in [0.3, 0.4) is 0 Å². The lowest BCUT2D eigenvalue weighted by molar-refractivity contribution is -0.137. The zero-order valence-corrected chi connectivity index (χ0v) is 14.4. The number of halogens is 3. The Balaban J connectivity index is 1.44. The third-order valence-corrected chi connectivity index (χ3v) is 5.62. The summed E-state index contributed by atoms with van der Waals surface area (Å²) >= 11 is 2.92. The van der Waals surface area contributed by atoms with E-state index >= 15 is 0 Å². The Morgan fingerprint density at radius 3 is 2.64 bits per heavy atom. The Morgan fingerprint density at radius 1 is 1.20 bits per heavy atom. The van der Waals surface area contributed by atoms with Gasteiger partial charge in [-0.25, -0.2) is 9.67 Å². The fourth-order valence-electron chi connectivity index (χ4n) is 2.27. The van der Waals surface area contributed by atoms with Crippen molar-refractivity contribution < 1.29 is 13.2 Å². The minimum absolute atomic E-state index is 0.413. The maximum Gasteiger partial charge on any atom is 0.416 e. The van der Waals surface area contributed by atoms with Crippen molar-refractivity contribution in [1.82, 2.24) is 25.2 Å². The Labute approximate surface area is 149 Å². The van der Waals surface area contributed by atoms with E-state index in [4.69, 9.17) is 0 Å². The van der Waals surface area contributed by atoms with Crippen molar-refractivity contribution in [2.75, 3.05) is 0 Å². The first-order valence-electron chi connectivity index (χ1n) is 7.53. The highest BCUT2D eigenvalue weighted by Crippen LogP contribution is 2.37. The molecule has 2 aromatic heterocycles. The summed E-state index contributed by atoms with van der Waals surface area (Å²) < 4.78 is 39.7. The maximum absolute atomic E-state index is 12.6. The van der Waals surface area contributed by atoms with Crippen LogP contribution in [-0.4, -0.2) is 25.2 Å². The van der Waals surface area contributed by atoms with E-state index in [1.807, 2.05) is 10.1 Å². The second-order valence-electron chi connectivity index (χ2n) is 5.64. The van der Waals surface area contributed by atoms with E-state index in [0.717, 1.165) is 35.8 Å². The molecule has 1 aliphatic rings. The summed E-state index contributed by atoms with van der Waals surface area (Å²) in [6.45, 7) is 0. The molecule has 0 radical (unpaired) electrons. The summed E-state index contributed by atoms with van der Waals surface area (Å²) in [5.74, 6) is 0.615. The summed E-state index contributed by atoms with van der Waals surface area (Å²) in [5, 5.41) is 15.1. The van der Waals surface area contributed by atoms with Crippen LogP contribution in [0.5, 0.6) is 0 Å². The van der Waals surface area contributed by atoms with Crippen molar-refractivity contribution in [3.63, 3.8) is 0 Å². The van der Waals surface area contributed by atoms with Gasteiger partial charge in [-0.15, -0.1) is 16.4 Å². The fraction of sp³-hybridized carbons (Fsp3) is 0.333. The van der Waals surface area contributed by atoms with Gasteiger partial charge in [-0.1, -0.05) is 23.9 Å². The molecule has 4 rings (SSSR count). The molecule has 0 N–H and O–H groups in total. The molecular weight excluding hydrogens is 371 g/mol. The lowest BCUT2D eigenvalue weighted by Crippen LogP contribution is -2.03. The molecule has 130 valence electrons. The Hall–Kier alpha value is -1.94.